The van der Waals surface area contributed by atoms with Crippen LogP contribution in [0.2, 0.25) is 5.02 Å². The molecule has 17 heavy (non-hydrogen) atoms. The van der Waals surface area contributed by atoms with E-state index in [4.69, 9.17) is 11.6 Å². The molecule has 1 heterocycles. The second kappa shape index (κ2) is 5.52. The molecule has 4 heteroatoms. The summed E-state index contributed by atoms with van der Waals surface area (Å²) in [6.07, 6.45) is 1.59. The van der Waals surface area contributed by atoms with Gasteiger partial charge in [0.25, 0.3) is 0 Å². The van der Waals surface area contributed by atoms with E-state index in [-0.39, 0.29) is 11.9 Å². The van der Waals surface area contributed by atoms with Crippen LogP contribution in [0.3, 0.4) is 0 Å². The van der Waals surface area contributed by atoms with Gasteiger partial charge in [0.15, 0.2) is 0 Å². The molecule has 92 valence electrons. The molecular formula is C13H17ClN2O. The first-order valence-electron chi connectivity index (χ1n) is 5.90. The van der Waals surface area contributed by atoms with Crippen molar-refractivity contribution in [2.75, 3.05) is 6.54 Å². The van der Waals surface area contributed by atoms with Gasteiger partial charge in [0.05, 0.1) is 0 Å². The van der Waals surface area contributed by atoms with Crippen LogP contribution in [0.15, 0.2) is 18.2 Å². The number of aryl methyl sites for hydroxylation is 1. The SMILES string of the molecule is Cc1cc(Cl)ccc1CNCC1CCC(=O)N1. The van der Waals surface area contributed by atoms with E-state index >= 15 is 0 Å². The third-order valence-electron chi connectivity index (χ3n) is 3.10. The lowest BCUT2D eigenvalue weighted by Crippen LogP contribution is -2.35. The fourth-order valence-corrected chi connectivity index (χ4v) is 2.30. The Morgan fingerprint density at radius 3 is 3.00 bits per heavy atom. The van der Waals surface area contributed by atoms with E-state index < -0.39 is 0 Å². The molecule has 2 rings (SSSR count). The molecule has 1 unspecified atom stereocenters. The fourth-order valence-electron chi connectivity index (χ4n) is 2.07. The molecule has 0 aromatic heterocycles. The quantitative estimate of drug-likeness (QED) is 0.861. The molecule has 1 aliphatic heterocycles. The number of carbonyl (C=O) groups is 1. The van der Waals surface area contributed by atoms with Gasteiger partial charge in [-0.3, -0.25) is 4.79 Å². The topological polar surface area (TPSA) is 41.1 Å². The maximum atomic E-state index is 11.0. The average Bonchev–Trinajstić information content (AvgIpc) is 2.68. The first-order valence-corrected chi connectivity index (χ1v) is 6.28. The largest absolute Gasteiger partial charge is 0.352 e. The summed E-state index contributed by atoms with van der Waals surface area (Å²) in [6, 6.07) is 6.20. The van der Waals surface area contributed by atoms with Gasteiger partial charge >= 0.3 is 0 Å². The summed E-state index contributed by atoms with van der Waals surface area (Å²) in [5.41, 5.74) is 2.44. The Kier molecular flexibility index (Phi) is 4.02. The highest BCUT2D eigenvalue weighted by molar-refractivity contribution is 6.30. The first-order chi connectivity index (χ1) is 8.15. The lowest BCUT2D eigenvalue weighted by molar-refractivity contribution is -0.119. The molecular weight excluding hydrogens is 236 g/mol. The van der Waals surface area contributed by atoms with Gasteiger partial charge in [0, 0.05) is 30.6 Å². The van der Waals surface area contributed by atoms with Crippen molar-refractivity contribution in [3.8, 4) is 0 Å². The minimum atomic E-state index is 0.166. The van der Waals surface area contributed by atoms with Crippen LogP contribution in [0.1, 0.15) is 24.0 Å². The zero-order chi connectivity index (χ0) is 12.3. The van der Waals surface area contributed by atoms with E-state index in [0.717, 1.165) is 24.5 Å². The lowest BCUT2D eigenvalue weighted by atomic mass is 10.1. The normalized spacial score (nSPS) is 19.4. The predicted molar refractivity (Wildman–Crippen MR) is 69.1 cm³/mol. The van der Waals surface area contributed by atoms with Gasteiger partial charge < -0.3 is 10.6 Å². The van der Waals surface area contributed by atoms with Crippen molar-refractivity contribution in [3.05, 3.63) is 34.3 Å². The summed E-state index contributed by atoms with van der Waals surface area (Å²) in [6.45, 7) is 3.70. The summed E-state index contributed by atoms with van der Waals surface area (Å²) in [5.74, 6) is 0.166. The molecule has 1 aliphatic rings. The van der Waals surface area contributed by atoms with Crippen molar-refractivity contribution >= 4 is 17.5 Å². The molecule has 1 fully saturated rings. The van der Waals surface area contributed by atoms with Crippen LogP contribution in [0, 0.1) is 6.92 Å². The summed E-state index contributed by atoms with van der Waals surface area (Å²) in [5, 5.41) is 7.08. The molecule has 1 aromatic rings. The lowest BCUT2D eigenvalue weighted by Gasteiger charge is -2.12. The number of carbonyl (C=O) groups excluding carboxylic acids is 1. The van der Waals surface area contributed by atoms with Crippen molar-refractivity contribution in [2.24, 2.45) is 0 Å². The Morgan fingerprint density at radius 2 is 2.35 bits per heavy atom. The van der Waals surface area contributed by atoms with Crippen LogP contribution in [-0.2, 0) is 11.3 Å². The van der Waals surface area contributed by atoms with Crippen molar-refractivity contribution in [1.82, 2.24) is 10.6 Å². The van der Waals surface area contributed by atoms with Crippen LogP contribution < -0.4 is 10.6 Å². The summed E-state index contributed by atoms with van der Waals surface area (Å²) >= 11 is 5.90. The fraction of sp³-hybridized carbons (Fsp3) is 0.462. The zero-order valence-electron chi connectivity index (χ0n) is 9.92. The molecule has 1 aromatic carbocycles. The standard InChI is InChI=1S/C13H17ClN2O/c1-9-6-11(14)3-2-10(9)7-15-8-12-4-5-13(17)16-12/h2-3,6,12,15H,4-5,7-8H2,1H3,(H,16,17). The number of benzene rings is 1. The Labute approximate surface area is 107 Å². The van der Waals surface area contributed by atoms with Gasteiger partial charge in [0.1, 0.15) is 0 Å². The van der Waals surface area contributed by atoms with Crippen molar-refractivity contribution in [3.63, 3.8) is 0 Å². The third kappa shape index (κ3) is 3.45. The summed E-state index contributed by atoms with van der Waals surface area (Å²) in [4.78, 5) is 11.0. The Hall–Kier alpha value is -1.06. The minimum absolute atomic E-state index is 0.166. The highest BCUT2D eigenvalue weighted by Crippen LogP contribution is 2.15. The number of hydrogen-bond acceptors (Lipinski definition) is 2. The van der Waals surface area contributed by atoms with Crippen LogP contribution in [0.5, 0.6) is 0 Å². The molecule has 0 spiro atoms. The number of hydrogen-bond donors (Lipinski definition) is 2. The van der Waals surface area contributed by atoms with Crippen LogP contribution in [-0.4, -0.2) is 18.5 Å². The Bertz CT molecular complexity index is 420. The van der Waals surface area contributed by atoms with E-state index in [2.05, 4.69) is 17.6 Å². The Morgan fingerprint density at radius 1 is 1.53 bits per heavy atom. The van der Waals surface area contributed by atoms with Crippen LogP contribution in [0.4, 0.5) is 0 Å². The highest BCUT2D eigenvalue weighted by atomic mass is 35.5. The van der Waals surface area contributed by atoms with Crippen LogP contribution in [0.25, 0.3) is 0 Å². The van der Waals surface area contributed by atoms with Crippen molar-refractivity contribution in [2.45, 2.75) is 32.4 Å². The molecule has 3 nitrogen and oxygen atoms in total. The highest BCUT2D eigenvalue weighted by Gasteiger charge is 2.19. The van der Waals surface area contributed by atoms with Gasteiger partial charge in [0.2, 0.25) is 5.91 Å². The molecule has 0 radical (unpaired) electrons. The molecule has 0 aliphatic carbocycles. The van der Waals surface area contributed by atoms with Crippen molar-refractivity contribution < 1.29 is 4.79 Å². The summed E-state index contributed by atoms with van der Waals surface area (Å²) < 4.78 is 0. The van der Waals surface area contributed by atoms with Gasteiger partial charge in [-0.1, -0.05) is 17.7 Å². The monoisotopic (exact) mass is 252 g/mol. The number of nitrogens with one attached hydrogen (secondary N) is 2. The maximum absolute atomic E-state index is 11.0. The molecule has 2 N–H and O–H groups in total. The number of amides is 1. The van der Waals surface area contributed by atoms with E-state index in [0.29, 0.717) is 6.42 Å². The van der Waals surface area contributed by atoms with Gasteiger partial charge in [-0.15, -0.1) is 0 Å². The van der Waals surface area contributed by atoms with E-state index in [1.807, 2.05) is 18.2 Å². The molecule has 1 saturated heterocycles. The second-order valence-corrected chi connectivity index (χ2v) is 4.94. The average molecular weight is 253 g/mol. The smallest absolute Gasteiger partial charge is 0.220 e. The molecule has 1 atom stereocenters. The third-order valence-corrected chi connectivity index (χ3v) is 3.33. The van der Waals surface area contributed by atoms with E-state index in [1.165, 1.54) is 11.1 Å². The van der Waals surface area contributed by atoms with E-state index in [9.17, 15) is 4.79 Å². The van der Waals surface area contributed by atoms with E-state index in [1.54, 1.807) is 0 Å². The van der Waals surface area contributed by atoms with Gasteiger partial charge in [-0.2, -0.15) is 0 Å². The maximum Gasteiger partial charge on any atom is 0.220 e. The zero-order valence-corrected chi connectivity index (χ0v) is 10.7. The first kappa shape index (κ1) is 12.4. The number of rotatable bonds is 4. The molecule has 0 saturated carbocycles. The minimum Gasteiger partial charge on any atom is -0.352 e. The van der Waals surface area contributed by atoms with Crippen LogP contribution >= 0.6 is 11.6 Å². The summed E-state index contributed by atoms with van der Waals surface area (Å²) in [7, 11) is 0. The molecule has 1 amide bonds. The van der Waals surface area contributed by atoms with Crippen molar-refractivity contribution in [1.29, 1.82) is 0 Å². The van der Waals surface area contributed by atoms with Gasteiger partial charge in [-0.25, -0.2) is 0 Å². The second-order valence-electron chi connectivity index (χ2n) is 4.50. The number of halogens is 1. The predicted octanol–water partition coefficient (Wildman–Crippen LogP) is 2.02. The van der Waals surface area contributed by atoms with Gasteiger partial charge in [-0.05, 0) is 36.6 Å². The molecule has 0 bridgehead atoms. The Balaban J connectivity index is 1.80.